The van der Waals surface area contributed by atoms with Crippen LogP contribution in [-0.4, -0.2) is 29.3 Å². The molecule has 3 N–H and O–H groups in total. The van der Waals surface area contributed by atoms with E-state index in [1.165, 1.54) is 0 Å². The summed E-state index contributed by atoms with van der Waals surface area (Å²) in [6, 6.07) is 0. The largest absolute Gasteiger partial charge is 0.395 e. The van der Waals surface area contributed by atoms with E-state index >= 15 is 0 Å². The van der Waals surface area contributed by atoms with Crippen molar-refractivity contribution in [2.24, 2.45) is 0 Å². The molecule has 0 saturated heterocycles. The molecule has 0 aliphatic rings. The Morgan fingerprint density at radius 1 is 1.70 bits per heavy atom. The van der Waals surface area contributed by atoms with Crippen molar-refractivity contribution < 1.29 is 19.2 Å². The Labute approximate surface area is 59.5 Å². The van der Waals surface area contributed by atoms with E-state index in [-0.39, 0.29) is 19.3 Å². The minimum absolute atomic E-state index is 0.0609. The summed E-state index contributed by atoms with van der Waals surface area (Å²) in [6.45, 7) is 1.58. The zero-order valence-corrected chi connectivity index (χ0v) is 6.67. The summed E-state index contributed by atoms with van der Waals surface area (Å²) >= 11 is 0. The van der Waals surface area contributed by atoms with Crippen LogP contribution in [0.3, 0.4) is 0 Å². The molecule has 62 valence electrons. The third-order valence-corrected chi connectivity index (χ3v) is 2.03. The molecule has 0 aromatic carbocycles. The fourth-order valence-electron chi connectivity index (χ4n) is 0.257. The van der Waals surface area contributed by atoms with E-state index in [0.29, 0.717) is 0 Å². The molecular formula is C4H12NO4P. The number of hydrogen-bond donors (Lipinski definition) is 3. The first-order valence-corrected chi connectivity index (χ1v) is 4.73. The van der Waals surface area contributed by atoms with E-state index < -0.39 is 7.60 Å². The fraction of sp³-hybridized carbons (Fsp3) is 1.00. The Morgan fingerprint density at radius 2 is 2.30 bits per heavy atom. The number of hydroxylamine groups is 1. The van der Waals surface area contributed by atoms with Crippen molar-refractivity contribution in [2.45, 2.75) is 6.92 Å². The highest BCUT2D eigenvalue weighted by atomic mass is 31.2. The fourth-order valence-corrected chi connectivity index (χ4v) is 0.679. The van der Waals surface area contributed by atoms with Crippen LogP contribution in [0.5, 0.6) is 0 Å². The molecule has 10 heavy (non-hydrogen) atoms. The van der Waals surface area contributed by atoms with Crippen LogP contribution >= 0.6 is 7.60 Å². The molecule has 0 bridgehead atoms. The van der Waals surface area contributed by atoms with Crippen LogP contribution in [0.1, 0.15) is 6.92 Å². The molecule has 0 aromatic heterocycles. The highest BCUT2D eigenvalue weighted by Crippen LogP contribution is 2.39. The summed E-state index contributed by atoms with van der Waals surface area (Å²) in [7, 11) is -3.43. The van der Waals surface area contributed by atoms with Crippen LogP contribution in [0.15, 0.2) is 0 Å². The summed E-state index contributed by atoms with van der Waals surface area (Å²) < 4.78 is 15.0. The standard InChI is InChI=1S/C4H12NO4P/c1-2-10(7,8)9-5-3-4-6/h5-6H,2-4H2,1H3,(H,7,8). The third-order valence-electron chi connectivity index (χ3n) is 0.821. The predicted molar refractivity (Wildman–Crippen MR) is 36.5 cm³/mol. The summed E-state index contributed by atoms with van der Waals surface area (Å²) in [5.41, 5.74) is 2.16. The monoisotopic (exact) mass is 169 g/mol. The lowest BCUT2D eigenvalue weighted by molar-refractivity contribution is 0.144. The lowest BCUT2D eigenvalue weighted by Gasteiger charge is -2.08. The second kappa shape index (κ2) is 4.82. The Bertz CT molecular complexity index is 128. The molecule has 0 radical (unpaired) electrons. The van der Waals surface area contributed by atoms with Gasteiger partial charge in [0.25, 0.3) is 0 Å². The van der Waals surface area contributed by atoms with Gasteiger partial charge in [0.1, 0.15) is 0 Å². The zero-order chi connectivity index (χ0) is 8.04. The van der Waals surface area contributed by atoms with Gasteiger partial charge in [0.05, 0.1) is 6.61 Å². The number of rotatable bonds is 5. The van der Waals surface area contributed by atoms with Gasteiger partial charge in [0, 0.05) is 12.7 Å². The second-order valence-electron chi connectivity index (χ2n) is 1.66. The molecule has 1 atom stereocenters. The van der Waals surface area contributed by atoms with Crippen LogP contribution in [0.2, 0.25) is 0 Å². The van der Waals surface area contributed by atoms with Crippen molar-refractivity contribution in [3.8, 4) is 0 Å². The summed E-state index contributed by atoms with van der Waals surface area (Å²) in [4.78, 5) is 8.74. The molecule has 6 heteroatoms. The highest BCUT2D eigenvalue weighted by molar-refractivity contribution is 7.52. The van der Waals surface area contributed by atoms with Gasteiger partial charge in [-0.3, -0.25) is 4.57 Å². The Balaban J connectivity index is 3.38. The Kier molecular flexibility index (Phi) is 4.85. The number of aliphatic hydroxyl groups is 1. The van der Waals surface area contributed by atoms with Gasteiger partial charge in [0.15, 0.2) is 0 Å². The molecule has 0 fully saturated rings. The zero-order valence-electron chi connectivity index (χ0n) is 5.78. The van der Waals surface area contributed by atoms with Crippen LogP contribution in [0.25, 0.3) is 0 Å². The smallest absolute Gasteiger partial charge is 0.344 e. The molecule has 0 aromatic rings. The molecular weight excluding hydrogens is 157 g/mol. The Morgan fingerprint density at radius 3 is 2.70 bits per heavy atom. The minimum atomic E-state index is -3.43. The number of nitrogens with one attached hydrogen (secondary N) is 1. The molecule has 0 amide bonds. The van der Waals surface area contributed by atoms with Gasteiger partial charge in [-0.15, -0.1) is 0 Å². The summed E-state index contributed by atoms with van der Waals surface area (Å²) in [5, 5.41) is 8.22. The number of aliphatic hydroxyl groups excluding tert-OH is 1. The van der Waals surface area contributed by atoms with E-state index in [0.717, 1.165) is 0 Å². The maximum absolute atomic E-state index is 10.6. The van der Waals surface area contributed by atoms with Crippen LogP contribution in [0.4, 0.5) is 0 Å². The first kappa shape index (κ1) is 10.1. The summed E-state index contributed by atoms with van der Waals surface area (Å²) in [6.07, 6.45) is 0.0609. The van der Waals surface area contributed by atoms with Crippen molar-refractivity contribution in [1.29, 1.82) is 0 Å². The van der Waals surface area contributed by atoms with Crippen molar-refractivity contribution in [3.63, 3.8) is 0 Å². The molecule has 0 spiro atoms. The van der Waals surface area contributed by atoms with E-state index in [4.69, 9.17) is 10.00 Å². The summed E-state index contributed by atoms with van der Waals surface area (Å²) in [5.74, 6) is 0. The highest BCUT2D eigenvalue weighted by Gasteiger charge is 2.14. The first-order chi connectivity index (χ1) is 4.62. The maximum atomic E-state index is 10.6. The SMILES string of the molecule is CCP(=O)(O)ONCCO. The molecule has 0 aliphatic heterocycles. The van der Waals surface area contributed by atoms with Gasteiger partial charge in [-0.25, -0.2) is 4.62 Å². The van der Waals surface area contributed by atoms with Crippen LogP contribution < -0.4 is 5.48 Å². The maximum Gasteiger partial charge on any atom is 0.344 e. The average Bonchev–Trinajstić information content (AvgIpc) is 1.89. The van der Waals surface area contributed by atoms with E-state index in [1.807, 2.05) is 0 Å². The van der Waals surface area contributed by atoms with Gasteiger partial charge in [-0.1, -0.05) is 6.92 Å². The molecule has 1 unspecified atom stereocenters. The lowest BCUT2D eigenvalue weighted by Crippen LogP contribution is -2.17. The lowest BCUT2D eigenvalue weighted by atomic mass is 10.8. The Hall–Kier alpha value is 0.0700. The van der Waals surface area contributed by atoms with Gasteiger partial charge in [-0.2, -0.15) is 5.48 Å². The van der Waals surface area contributed by atoms with Gasteiger partial charge < -0.3 is 10.00 Å². The van der Waals surface area contributed by atoms with Gasteiger partial charge in [0.2, 0.25) is 0 Å². The van der Waals surface area contributed by atoms with E-state index in [1.54, 1.807) is 6.92 Å². The molecule has 5 nitrogen and oxygen atoms in total. The van der Waals surface area contributed by atoms with Gasteiger partial charge >= 0.3 is 7.60 Å². The van der Waals surface area contributed by atoms with Crippen molar-refractivity contribution in [3.05, 3.63) is 0 Å². The second-order valence-corrected chi connectivity index (χ2v) is 3.75. The average molecular weight is 169 g/mol. The molecule has 0 aliphatic carbocycles. The predicted octanol–water partition coefficient (Wildman–Crippen LogP) is -0.295. The van der Waals surface area contributed by atoms with Gasteiger partial charge in [-0.05, 0) is 0 Å². The molecule has 0 rings (SSSR count). The van der Waals surface area contributed by atoms with E-state index in [9.17, 15) is 4.57 Å². The number of hydrogen-bond acceptors (Lipinski definition) is 4. The van der Waals surface area contributed by atoms with Crippen LogP contribution in [0, 0.1) is 0 Å². The van der Waals surface area contributed by atoms with Crippen LogP contribution in [-0.2, 0) is 9.19 Å². The van der Waals surface area contributed by atoms with E-state index in [2.05, 4.69) is 10.1 Å². The minimum Gasteiger partial charge on any atom is -0.395 e. The topological polar surface area (TPSA) is 78.8 Å². The first-order valence-electron chi connectivity index (χ1n) is 2.96. The van der Waals surface area contributed by atoms with Crippen molar-refractivity contribution in [2.75, 3.05) is 19.3 Å². The molecule has 0 saturated carbocycles. The quantitative estimate of drug-likeness (QED) is 0.299. The van der Waals surface area contributed by atoms with Crippen molar-refractivity contribution in [1.82, 2.24) is 5.48 Å². The third kappa shape index (κ3) is 4.90. The van der Waals surface area contributed by atoms with Crippen molar-refractivity contribution >= 4 is 7.60 Å². The normalized spacial score (nSPS) is 16.7. The molecule has 0 heterocycles.